The number of nitriles is 1. The minimum atomic E-state index is -0.299. The average molecular weight is 302 g/mol. The van der Waals surface area contributed by atoms with Gasteiger partial charge in [0.1, 0.15) is 6.61 Å². The number of aromatic nitrogens is 1. The van der Waals surface area contributed by atoms with Gasteiger partial charge in [-0.1, -0.05) is 36.4 Å². The molecule has 1 heterocycles. The van der Waals surface area contributed by atoms with Crippen LogP contribution < -0.4 is 0 Å². The molecule has 0 bridgehead atoms. The van der Waals surface area contributed by atoms with Crippen LogP contribution in [0.3, 0.4) is 0 Å². The molecule has 3 aromatic rings. The van der Waals surface area contributed by atoms with Crippen LogP contribution in [0.2, 0.25) is 0 Å². The van der Waals surface area contributed by atoms with Gasteiger partial charge in [-0.05, 0) is 29.3 Å². The molecule has 0 saturated heterocycles. The van der Waals surface area contributed by atoms with E-state index in [0.717, 1.165) is 22.0 Å². The molecule has 0 radical (unpaired) electrons. The second kappa shape index (κ2) is 6.71. The number of carbonyl (C=O) groups excluding carboxylic acids is 1. The Hall–Kier alpha value is -3.19. The highest BCUT2D eigenvalue weighted by Gasteiger charge is 2.09. The zero-order valence-corrected chi connectivity index (χ0v) is 12.4. The summed E-state index contributed by atoms with van der Waals surface area (Å²) in [7, 11) is 0. The highest BCUT2D eigenvalue weighted by Crippen LogP contribution is 2.17. The first-order chi connectivity index (χ1) is 11.3. The fourth-order valence-corrected chi connectivity index (χ4v) is 2.36. The van der Waals surface area contributed by atoms with E-state index in [1.165, 1.54) is 0 Å². The van der Waals surface area contributed by atoms with Crippen molar-refractivity contribution >= 4 is 16.9 Å². The Morgan fingerprint density at radius 3 is 2.65 bits per heavy atom. The highest BCUT2D eigenvalue weighted by molar-refractivity contribution is 5.85. The summed E-state index contributed by atoms with van der Waals surface area (Å²) in [5.74, 6) is -0.299. The van der Waals surface area contributed by atoms with Crippen LogP contribution in [-0.4, -0.2) is 11.0 Å². The molecule has 0 N–H and O–H groups in total. The summed E-state index contributed by atoms with van der Waals surface area (Å²) in [5, 5.41) is 9.76. The first kappa shape index (κ1) is 14.7. The zero-order valence-electron chi connectivity index (χ0n) is 12.4. The lowest BCUT2D eigenvalue weighted by Gasteiger charge is -2.07. The fraction of sp³-hybridized carbons (Fsp3) is 0.105. The molecular formula is C19H14N2O2. The fourth-order valence-electron chi connectivity index (χ4n) is 2.36. The van der Waals surface area contributed by atoms with Gasteiger partial charge in [0.15, 0.2) is 0 Å². The van der Waals surface area contributed by atoms with Crippen LogP contribution in [0, 0.1) is 11.3 Å². The quantitative estimate of drug-likeness (QED) is 0.693. The summed E-state index contributed by atoms with van der Waals surface area (Å²) < 4.78 is 5.30. The third-order valence-corrected chi connectivity index (χ3v) is 3.53. The van der Waals surface area contributed by atoms with E-state index in [2.05, 4.69) is 11.1 Å². The van der Waals surface area contributed by atoms with Gasteiger partial charge in [-0.15, -0.1) is 0 Å². The molecule has 0 aliphatic heterocycles. The molecule has 0 aliphatic rings. The molecule has 4 nitrogen and oxygen atoms in total. The summed E-state index contributed by atoms with van der Waals surface area (Å²) in [5.41, 5.74) is 3.12. The van der Waals surface area contributed by atoms with Gasteiger partial charge in [-0.3, -0.25) is 9.78 Å². The normalized spacial score (nSPS) is 10.2. The van der Waals surface area contributed by atoms with Crippen LogP contribution >= 0.6 is 0 Å². The van der Waals surface area contributed by atoms with E-state index in [-0.39, 0.29) is 19.0 Å². The van der Waals surface area contributed by atoms with E-state index in [9.17, 15) is 4.79 Å². The molecule has 3 rings (SSSR count). The van der Waals surface area contributed by atoms with E-state index in [0.29, 0.717) is 5.56 Å². The van der Waals surface area contributed by atoms with Crippen molar-refractivity contribution in [1.82, 2.24) is 4.98 Å². The number of pyridine rings is 1. The SMILES string of the molecule is N#Cc1ccc(COC(=O)Cc2cccc3cccnc23)cc1. The number of carbonyl (C=O) groups is 1. The lowest BCUT2D eigenvalue weighted by atomic mass is 10.1. The van der Waals surface area contributed by atoms with E-state index >= 15 is 0 Å². The number of rotatable bonds is 4. The average Bonchev–Trinajstić information content (AvgIpc) is 2.61. The number of esters is 1. The van der Waals surface area contributed by atoms with Gasteiger partial charge in [-0.2, -0.15) is 5.26 Å². The highest BCUT2D eigenvalue weighted by atomic mass is 16.5. The third kappa shape index (κ3) is 3.53. The van der Waals surface area contributed by atoms with Crippen LogP contribution in [0.15, 0.2) is 60.8 Å². The molecule has 0 unspecified atom stereocenters. The van der Waals surface area contributed by atoms with Crippen LogP contribution in [0.25, 0.3) is 10.9 Å². The summed E-state index contributed by atoms with van der Waals surface area (Å²) >= 11 is 0. The largest absolute Gasteiger partial charge is 0.461 e. The maximum Gasteiger partial charge on any atom is 0.310 e. The summed E-state index contributed by atoms with van der Waals surface area (Å²) in [6, 6.07) is 18.6. The van der Waals surface area contributed by atoms with Crippen molar-refractivity contribution < 1.29 is 9.53 Å². The Balaban J connectivity index is 1.65. The van der Waals surface area contributed by atoms with E-state index in [1.54, 1.807) is 30.5 Å². The Kier molecular flexibility index (Phi) is 4.30. The van der Waals surface area contributed by atoms with Gasteiger partial charge in [0.25, 0.3) is 0 Å². The molecule has 0 atom stereocenters. The van der Waals surface area contributed by atoms with E-state index < -0.39 is 0 Å². The molecule has 0 aliphatic carbocycles. The Bertz CT molecular complexity index is 875. The first-order valence-electron chi connectivity index (χ1n) is 7.23. The number of fused-ring (bicyclic) bond motifs is 1. The lowest BCUT2D eigenvalue weighted by Crippen LogP contribution is -2.08. The van der Waals surface area contributed by atoms with Crippen molar-refractivity contribution in [3.05, 3.63) is 77.5 Å². The minimum absolute atomic E-state index is 0.185. The van der Waals surface area contributed by atoms with Crippen molar-refractivity contribution in [2.24, 2.45) is 0 Å². The molecule has 1 aromatic heterocycles. The lowest BCUT2D eigenvalue weighted by molar-refractivity contribution is -0.144. The topological polar surface area (TPSA) is 63.0 Å². The molecule has 0 spiro atoms. The Morgan fingerprint density at radius 2 is 1.87 bits per heavy atom. The van der Waals surface area contributed by atoms with Crippen molar-refractivity contribution in [3.8, 4) is 6.07 Å². The number of hydrogen-bond donors (Lipinski definition) is 0. The second-order valence-corrected chi connectivity index (χ2v) is 5.14. The number of hydrogen-bond acceptors (Lipinski definition) is 4. The number of benzene rings is 2. The Labute approximate surface area is 134 Å². The number of ether oxygens (including phenoxy) is 1. The van der Waals surface area contributed by atoms with Crippen molar-refractivity contribution in [2.75, 3.05) is 0 Å². The van der Waals surface area contributed by atoms with E-state index in [1.807, 2.05) is 30.3 Å². The van der Waals surface area contributed by atoms with Crippen molar-refractivity contribution in [2.45, 2.75) is 13.0 Å². The summed E-state index contributed by atoms with van der Waals surface area (Å²) in [4.78, 5) is 16.4. The van der Waals surface area contributed by atoms with Crippen molar-refractivity contribution in [3.63, 3.8) is 0 Å². The number of para-hydroxylation sites is 1. The zero-order chi connectivity index (χ0) is 16.1. The van der Waals surface area contributed by atoms with Crippen LogP contribution in [0.4, 0.5) is 0 Å². The van der Waals surface area contributed by atoms with E-state index in [4.69, 9.17) is 10.00 Å². The van der Waals surface area contributed by atoms with Gasteiger partial charge in [0.2, 0.25) is 0 Å². The maximum absolute atomic E-state index is 12.1. The van der Waals surface area contributed by atoms with Gasteiger partial charge in [0, 0.05) is 11.6 Å². The molecule has 23 heavy (non-hydrogen) atoms. The minimum Gasteiger partial charge on any atom is -0.461 e. The summed E-state index contributed by atoms with van der Waals surface area (Å²) in [6.45, 7) is 0.197. The molecule has 112 valence electrons. The van der Waals surface area contributed by atoms with Crippen LogP contribution in [0.5, 0.6) is 0 Å². The second-order valence-electron chi connectivity index (χ2n) is 5.14. The molecule has 0 fully saturated rings. The monoisotopic (exact) mass is 302 g/mol. The van der Waals surface area contributed by atoms with Gasteiger partial charge >= 0.3 is 5.97 Å². The third-order valence-electron chi connectivity index (χ3n) is 3.53. The standard InChI is InChI=1S/C19H14N2O2/c20-12-14-6-8-15(9-7-14)13-23-18(22)11-17-4-1-3-16-5-2-10-21-19(16)17/h1-10H,11,13H2. The smallest absolute Gasteiger partial charge is 0.310 e. The van der Waals surface area contributed by atoms with Crippen LogP contribution in [0.1, 0.15) is 16.7 Å². The maximum atomic E-state index is 12.1. The molecule has 2 aromatic carbocycles. The summed E-state index contributed by atoms with van der Waals surface area (Å²) in [6.07, 6.45) is 1.90. The molecule has 0 saturated carbocycles. The predicted octanol–water partition coefficient (Wildman–Crippen LogP) is 3.39. The van der Waals surface area contributed by atoms with Gasteiger partial charge in [-0.25, -0.2) is 0 Å². The number of nitrogens with zero attached hydrogens (tertiary/aromatic N) is 2. The molecule has 0 amide bonds. The van der Waals surface area contributed by atoms with Gasteiger partial charge in [0.05, 0.1) is 23.6 Å². The predicted molar refractivity (Wildman–Crippen MR) is 86.4 cm³/mol. The van der Waals surface area contributed by atoms with Crippen molar-refractivity contribution in [1.29, 1.82) is 5.26 Å². The molecule has 4 heteroatoms. The molecular weight excluding hydrogens is 288 g/mol. The first-order valence-corrected chi connectivity index (χ1v) is 7.23. The van der Waals surface area contributed by atoms with Crippen LogP contribution in [-0.2, 0) is 22.6 Å². The van der Waals surface area contributed by atoms with Gasteiger partial charge < -0.3 is 4.74 Å². The Morgan fingerprint density at radius 1 is 1.09 bits per heavy atom.